The molecule has 0 aliphatic carbocycles. The van der Waals surface area contributed by atoms with Crippen molar-refractivity contribution in [2.75, 3.05) is 5.32 Å². The second-order valence-electron chi connectivity index (χ2n) is 4.98. The van der Waals surface area contributed by atoms with Gasteiger partial charge in [0.25, 0.3) is 5.91 Å². The maximum absolute atomic E-state index is 12.3. The van der Waals surface area contributed by atoms with Gasteiger partial charge in [0.15, 0.2) is 5.69 Å². The van der Waals surface area contributed by atoms with E-state index < -0.39 is 0 Å². The Hall–Kier alpha value is -1.37. The highest BCUT2D eigenvalue weighted by Gasteiger charge is 2.22. The van der Waals surface area contributed by atoms with Crippen LogP contribution in [0.25, 0.3) is 0 Å². The fraction of sp³-hybridized carbons (Fsp3) is 0.286. The van der Waals surface area contributed by atoms with Crippen LogP contribution in [-0.4, -0.2) is 15.7 Å². The molecule has 7 heteroatoms. The molecule has 0 bridgehead atoms. The first kappa shape index (κ1) is 14.6. The molecule has 1 atom stereocenters. The molecule has 21 heavy (non-hydrogen) atoms. The van der Waals surface area contributed by atoms with E-state index in [-0.39, 0.29) is 11.9 Å². The van der Waals surface area contributed by atoms with Crippen LogP contribution in [0.15, 0.2) is 28.7 Å². The van der Waals surface area contributed by atoms with Crippen LogP contribution < -0.4 is 11.1 Å². The number of halogens is 2. The SMILES string of the molecule is NC1CCCn2nc(C(=O)Nc3cccc(Br)c3Cl)cc21. The third-order valence-electron chi connectivity index (χ3n) is 3.51. The Bertz CT molecular complexity index is 700. The standard InChI is InChI=1S/C14H14BrClN4O/c15-8-3-1-5-10(13(8)16)18-14(21)11-7-12-9(17)4-2-6-20(12)19-11/h1,3,5,7,9H,2,4,6,17H2,(H,18,21). The highest BCUT2D eigenvalue weighted by atomic mass is 79.9. The molecular weight excluding hydrogens is 356 g/mol. The van der Waals surface area contributed by atoms with Crippen LogP contribution in [-0.2, 0) is 6.54 Å². The van der Waals surface area contributed by atoms with Crippen molar-refractivity contribution >= 4 is 39.1 Å². The second kappa shape index (κ2) is 5.79. The molecule has 3 N–H and O–H groups in total. The van der Waals surface area contributed by atoms with Crippen molar-refractivity contribution in [1.82, 2.24) is 9.78 Å². The van der Waals surface area contributed by atoms with Crippen molar-refractivity contribution in [1.29, 1.82) is 0 Å². The molecule has 0 saturated carbocycles. The van der Waals surface area contributed by atoms with Crippen molar-refractivity contribution in [3.8, 4) is 0 Å². The maximum atomic E-state index is 12.3. The fourth-order valence-electron chi connectivity index (χ4n) is 2.42. The van der Waals surface area contributed by atoms with Crippen LogP contribution in [0.2, 0.25) is 5.02 Å². The van der Waals surface area contributed by atoms with E-state index in [1.54, 1.807) is 18.2 Å². The van der Waals surface area contributed by atoms with Crippen molar-refractivity contribution in [3.05, 3.63) is 45.1 Å². The minimum Gasteiger partial charge on any atom is -0.323 e. The number of fused-ring (bicyclic) bond motifs is 1. The number of nitrogens with two attached hydrogens (primary N) is 1. The number of nitrogens with zero attached hydrogens (tertiary/aromatic N) is 2. The molecular formula is C14H14BrClN4O. The summed E-state index contributed by atoms with van der Waals surface area (Å²) in [5, 5.41) is 7.56. The molecule has 0 spiro atoms. The molecule has 1 unspecified atom stereocenters. The lowest BCUT2D eigenvalue weighted by molar-refractivity contribution is 0.102. The molecule has 0 radical (unpaired) electrons. The second-order valence-corrected chi connectivity index (χ2v) is 6.21. The maximum Gasteiger partial charge on any atom is 0.276 e. The molecule has 1 amide bonds. The average molecular weight is 370 g/mol. The first-order valence-electron chi connectivity index (χ1n) is 6.65. The third kappa shape index (κ3) is 2.84. The van der Waals surface area contributed by atoms with Gasteiger partial charge in [-0.15, -0.1) is 0 Å². The molecule has 5 nitrogen and oxygen atoms in total. The number of nitrogens with one attached hydrogen (secondary N) is 1. The molecule has 1 aromatic carbocycles. The van der Waals surface area contributed by atoms with Crippen molar-refractivity contribution in [3.63, 3.8) is 0 Å². The highest BCUT2D eigenvalue weighted by Crippen LogP contribution is 2.30. The molecule has 3 rings (SSSR count). The monoisotopic (exact) mass is 368 g/mol. The minimum absolute atomic E-state index is 0.0535. The van der Waals surface area contributed by atoms with E-state index in [1.165, 1.54) is 0 Å². The zero-order chi connectivity index (χ0) is 15.0. The van der Waals surface area contributed by atoms with Crippen LogP contribution in [0.1, 0.15) is 35.1 Å². The largest absolute Gasteiger partial charge is 0.323 e. The van der Waals surface area contributed by atoms with E-state index >= 15 is 0 Å². The Balaban J connectivity index is 1.84. The van der Waals surface area contributed by atoms with Gasteiger partial charge in [0, 0.05) is 17.1 Å². The number of amides is 1. The Morgan fingerprint density at radius 3 is 3.10 bits per heavy atom. The first-order valence-corrected chi connectivity index (χ1v) is 7.82. The van der Waals surface area contributed by atoms with Gasteiger partial charge in [0.2, 0.25) is 0 Å². The van der Waals surface area contributed by atoms with Crippen molar-refractivity contribution < 1.29 is 4.79 Å². The fourth-order valence-corrected chi connectivity index (χ4v) is 2.95. The van der Waals surface area contributed by atoms with Crippen LogP contribution in [0.4, 0.5) is 5.69 Å². The molecule has 2 heterocycles. The van der Waals surface area contributed by atoms with E-state index in [1.807, 2.05) is 10.7 Å². The van der Waals surface area contributed by atoms with E-state index in [9.17, 15) is 4.79 Å². The summed E-state index contributed by atoms with van der Waals surface area (Å²) in [6, 6.07) is 7.06. The molecule has 1 aromatic heterocycles. The summed E-state index contributed by atoms with van der Waals surface area (Å²) in [4.78, 5) is 12.3. The lowest BCUT2D eigenvalue weighted by atomic mass is 10.1. The van der Waals surface area contributed by atoms with Gasteiger partial charge < -0.3 is 11.1 Å². The Labute approximate surface area is 135 Å². The Kier molecular flexibility index (Phi) is 4.01. The van der Waals surface area contributed by atoms with Gasteiger partial charge in [0.05, 0.1) is 16.4 Å². The van der Waals surface area contributed by atoms with Crippen LogP contribution in [0.5, 0.6) is 0 Å². The lowest BCUT2D eigenvalue weighted by Crippen LogP contribution is -2.21. The molecule has 1 aliphatic heterocycles. The van der Waals surface area contributed by atoms with Crippen LogP contribution >= 0.6 is 27.5 Å². The Morgan fingerprint density at radius 1 is 1.52 bits per heavy atom. The lowest BCUT2D eigenvalue weighted by Gasteiger charge is -2.19. The normalized spacial score (nSPS) is 17.4. The van der Waals surface area contributed by atoms with E-state index in [0.29, 0.717) is 16.4 Å². The van der Waals surface area contributed by atoms with Gasteiger partial charge in [-0.2, -0.15) is 5.10 Å². The van der Waals surface area contributed by atoms with Gasteiger partial charge in [0.1, 0.15) is 0 Å². The quantitative estimate of drug-likeness (QED) is 0.852. The molecule has 110 valence electrons. The van der Waals surface area contributed by atoms with Gasteiger partial charge >= 0.3 is 0 Å². The number of aromatic nitrogens is 2. The minimum atomic E-state index is -0.288. The molecule has 0 fully saturated rings. The van der Waals surface area contributed by atoms with Crippen LogP contribution in [0, 0.1) is 0 Å². The van der Waals surface area contributed by atoms with E-state index in [4.69, 9.17) is 17.3 Å². The zero-order valence-corrected chi connectivity index (χ0v) is 13.5. The average Bonchev–Trinajstić information content (AvgIpc) is 2.89. The first-order chi connectivity index (χ1) is 10.1. The van der Waals surface area contributed by atoms with Crippen LogP contribution in [0.3, 0.4) is 0 Å². The topological polar surface area (TPSA) is 72.9 Å². The van der Waals surface area contributed by atoms with E-state index in [2.05, 4.69) is 26.3 Å². The number of carbonyl (C=O) groups is 1. The highest BCUT2D eigenvalue weighted by molar-refractivity contribution is 9.10. The summed E-state index contributed by atoms with van der Waals surface area (Å²) in [6.45, 7) is 0.800. The predicted molar refractivity (Wildman–Crippen MR) is 85.5 cm³/mol. The van der Waals surface area contributed by atoms with E-state index in [0.717, 1.165) is 29.6 Å². The van der Waals surface area contributed by atoms with Gasteiger partial charge in [-0.25, -0.2) is 0 Å². The third-order valence-corrected chi connectivity index (χ3v) is 4.80. The predicted octanol–water partition coefficient (Wildman–Crippen LogP) is 3.34. The van der Waals surface area contributed by atoms with Crippen molar-refractivity contribution in [2.45, 2.75) is 25.4 Å². The van der Waals surface area contributed by atoms with Crippen molar-refractivity contribution in [2.24, 2.45) is 5.73 Å². The van der Waals surface area contributed by atoms with Gasteiger partial charge in [-0.3, -0.25) is 9.48 Å². The number of benzene rings is 1. The number of hydrogen-bond donors (Lipinski definition) is 2. The number of rotatable bonds is 2. The van der Waals surface area contributed by atoms with Gasteiger partial charge in [-0.1, -0.05) is 17.7 Å². The number of aryl methyl sites for hydroxylation is 1. The summed E-state index contributed by atoms with van der Waals surface area (Å²) in [6.07, 6.45) is 1.90. The molecule has 2 aromatic rings. The summed E-state index contributed by atoms with van der Waals surface area (Å²) in [7, 11) is 0. The smallest absolute Gasteiger partial charge is 0.276 e. The number of hydrogen-bond acceptors (Lipinski definition) is 3. The molecule has 0 saturated heterocycles. The zero-order valence-electron chi connectivity index (χ0n) is 11.1. The number of carbonyl (C=O) groups excluding carboxylic acids is 1. The summed E-state index contributed by atoms with van der Waals surface area (Å²) < 4.78 is 2.54. The number of anilines is 1. The summed E-state index contributed by atoms with van der Waals surface area (Å²) in [5.74, 6) is -0.288. The summed E-state index contributed by atoms with van der Waals surface area (Å²) in [5.41, 5.74) is 7.85. The van der Waals surface area contributed by atoms with Gasteiger partial charge in [-0.05, 0) is 47.0 Å². The molecule has 1 aliphatic rings. The summed E-state index contributed by atoms with van der Waals surface area (Å²) >= 11 is 9.47. The Morgan fingerprint density at radius 2 is 2.33 bits per heavy atom.